The first-order chi connectivity index (χ1) is 7.51. The predicted octanol–water partition coefficient (Wildman–Crippen LogP) is 3.97. The average Bonchev–Trinajstić information content (AvgIpc) is 2.59. The molecule has 5 heteroatoms. The van der Waals surface area contributed by atoms with Crippen molar-refractivity contribution in [3.05, 3.63) is 20.3 Å². The number of aryl methyl sites for hydroxylation is 1. The highest BCUT2D eigenvalue weighted by Crippen LogP contribution is 2.34. The molecule has 0 radical (unpaired) electrons. The SMILES string of the molecule is CCN(CC)C(=O)C(Cl)c1cc(Br)c(C)s1. The van der Waals surface area contributed by atoms with Gasteiger partial charge in [0, 0.05) is 27.3 Å². The van der Waals surface area contributed by atoms with E-state index < -0.39 is 5.38 Å². The normalized spacial score (nSPS) is 12.6. The fraction of sp³-hybridized carbons (Fsp3) is 0.545. The number of hydrogen-bond donors (Lipinski definition) is 0. The van der Waals surface area contributed by atoms with Gasteiger partial charge in [0.15, 0.2) is 0 Å². The summed E-state index contributed by atoms with van der Waals surface area (Å²) in [4.78, 5) is 15.8. The van der Waals surface area contributed by atoms with Gasteiger partial charge in [-0.25, -0.2) is 0 Å². The van der Waals surface area contributed by atoms with Crippen molar-refractivity contribution >= 4 is 44.8 Å². The summed E-state index contributed by atoms with van der Waals surface area (Å²) >= 11 is 11.2. The first-order valence-corrected chi connectivity index (χ1v) is 7.24. The van der Waals surface area contributed by atoms with Gasteiger partial charge in [-0.15, -0.1) is 22.9 Å². The summed E-state index contributed by atoms with van der Waals surface area (Å²) in [7, 11) is 0. The molecule has 16 heavy (non-hydrogen) atoms. The number of carbonyl (C=O) groups is 1. The molecule has 1 amide bonds. The van der Waals surface area contributed by atoms with Crippen molar-refractivity contribution in [3.8, 4) is 0 Å². The number of thiophene rings is 1. The average molecular weight is 325 g/mol. The van der Waals surface area contributed by atoms with Gasteiger partial charge in [-0.05, 0) is 42.8 Å². The number of rotatable bonds is 4. The zero-order chi connectivity index (χ0) is 12.3. The minimum atomic E-state index is -0.560. The lowest BCUT2D eigenvalue weighted by Crippen LogP contribution is -2.32. The molecule has 0 aromatic carbocycles. The number of carbonyl (C=O) groups excluding carboxylic acids is 1. The van der Waals surface area contributed by atoms with Crippen LogP contribution in [0.25, 0.3) is 0 Å². The monoisotopic (exact) mass is 323 g/mol. The standard InChI is InChI=1S/C11H15BrClNOS/c1-4-14(5-2)11(15)10(13)9-6-8(12)7(3)16-9/h6,10H,4-5H2,1-3H3. The fourth-order valence-electron chi connectivity index (χ4n) is 1.42. The summed E-state index contributed by atoms with van der Waals surface area (Å²) in [5.74, 6) is -0.0135. The molecule has 1 aromatic heterocycles. The molecule has 0 saturated carbocycles. The van der Waals surface area contributed by atoms with Gasteiger partial charge in [0.2, 0.25) is 5.91 Å². The highest BCUT2D eigenvalue weighted by Gasteiger charge is 2.24. The van der Waals surface area contributed by atoms with Gasteiger partial charge in [0.05, 0.1) is 0 Å². The molecule has 1 atom stereocenters. The smallest absolute Gasteiger partial charge is 0.245 e. The van der Waals surface area contributed by atoms with Crippen LogP contribution in [-0.4, -0.2) is 23.9 Å². The fourth-order valence-corrected chi connectivity index (χ4v) is 3.29. The van der Waals surface area contributed by atoms with E-state index in [-0.39, 0.29) is 5.91 Å². The van der Waals surface area contributed by atoms with Gasteiger partial charge in [-0.3, -0.25) is 4.79 Å². The molecular formula is C11H15BrClNOS. The molecule has 0 aliphatic heterocycles. The van der Waals surface area contributed by atoms with Crippen molar-refractivity contribution in [2.75, 3.05) is 13.1 Å². The lowest BCUT2D eigenvalue weighted by molar-refractivity contribution is -0.130. The van der Waals surface area contributed by atoms with Crippen molar-refractivity contribution in [2.24, 2.45) is 0 Å². The molecule has 90 valence electrons. The summed E-state index contributed by atoms with van der Waals surface area (Å²) in [6.45, 7) is 7.32. The van der Waals surface area contributed by atoms with Crippen LogP contribution in [0, 0.1) is 6.92 Å². The Bertz CT molecular complexity index is 357. The van der Waals surface area contributed by atoms with Crippen LogP contribution in [0.2, 0.25) is 0 Å². The second kappa shape index (κ2) is 6.03. The Labute approximate surface area is 114 Å². The number of alkyl halides is 1. The third kappa shape index (κ3) is 2.99. The van der Waals surface area contributed by atoms with E-state index in [1.807, 2.05) is 26.8 Å². The first-order valence-electron chi connectivity index (χ1n) is 5.19. The van der Waals surface area contributed by atoms with Gasteiger partial charge < -0.3 is 4.90 Å². The van der Waals surface area contributed by atoms with E-state index in [4.69, 9.17) is 11.6 Å². The van der Waals surface area contributed by atoms with E-state index in [1.54, 1.807) is 16.2 Å². The number of hydrogen-bond acceptors (Lipinski definition) is 2. The molecule has 1 rings (SSSR count). The van der Waals surface area contributed by atoms with E-state index in [0.29, 0.717) is 13.1 Å². The molecule has 2 nitrogen and oxygen atoms in total. The molecule has 0 saturated heterocycles. The van der Waals surface area contributed by atoms with E-state index in [1.165, 1.54) is 0 Å². The van der Waals surface area contributed by atoms with Gasteiger partial charge in [0.25, 0.3) is 0 Å². The third-order valence-corrected chi connectivity index (χ3v) is 5.17. The Kier molecular flexibility index (Phi) is 5.28. The molecule has 1 unspecified atom stereocenters. The molecule has 0 aliphatic rings. The highest BCUT2D eigenvalue weighted by atomic mass is 79.9. The van der Waals surface area contributed by atoms with E-state index in [0.717, 1.165) is 14.2 Å². The van der Waals surface area contributed by atoms with Gasteiger partial charge in [-0.1, -0.05) is 0 Å². The van der Waals surface area contributed by atoms with Crippen LogP contribution in [0.1, 0.15) is 29.0 Å². The van der Waals surface area contributed by atoms with Gasteiger partial charge >= 0.3 is 0 Å². The van der Waals surface area contributed by atoms with Crippen molar-refractivity contribution in [1.29, 1.82) is 0 Å². The maximum atomic E-state index is 12.0. The molecule has 0 fully saturated rings. The molecule has 0 aliphatic carbocycles. The Morgan fingerprint density at radius 3 is 2.50 bits per heavy atom. The molecule has 0 spiro atoms. The van der Waals surface area contributed by atoms with E-state index in [2.05, 4.69) is 15.9 Å². The summed E-state index contributed by atoms with van der Waals surface area (Å²) < 4.78 is 1.02. The Morgan fingerprint density at radius 2 is 2.12 bits per heavy atom. The zero-order valence-corrected chi connectivity index (χ0v) is 12.7. The van der Waals surface area contributed by atoms with Crippen LogP contribution in [-0.2, 0) is 4.79 Å². The second-order valence-electron chi connectivity index (χ2n) is 3.43. The summed E-state index contributed by atoms with van der Waals surface area (Å²) in [6.07, 6.45) is 0. The third-order valence-electron chi connectivity index (χ3n) is 2.42. The van der Waals surface area contributed by atoms with Crippen molar-refractivity contribution in [3.63, 3.8) is 0 Å². The Morgan fingerprint density at radius 1 is 1.56 bits per heavy atom. The van der Waals surface area contributed by atoms with Crippen LogP contribution in [0.5, 0.6) is 0 Å². The van der Waals surface area contributed by atoms with Crippen molar-refractivity contribution in [1.82, 2.24) is 4.90 Å². The zero-order valence-electron chi connectivity index (χ0n) is 9.59. The summed E-state index contributed by atoms with van der Waals surface area (Å²) in [5, 5.41) is -0.560. The molecule has 0 bridgehead atoms. The number of amides is 1. The Hall–Kier alpha value is -0.0600. The number of nitrogens with zero attached hydrogens (tertiary/aromatic N) is 1. The summed E-state index contributed by atoms with van der Waals surface area (Å²) in [6, 6.07) is 1.93. The largest absolute Gasteiger partial charge is 0.342 e. The summed E-state index contributed by atoms with van der Waals surface area (Å²) in [5.41, 5.74) is 0. The van der Waals surface area contributed by atoms with E-state index in [9.17, 15) is 4.79 Å². The number of halogens is 2. The second-order valence-corrected chi connectivity index (χ2v) is 6.00. The van der Waals surface area contributed by atoms with Crippen LogP contribution in [0.3, 0.4) is 0 Å². The van der Waals surface area contributed by atoms with Gasteiger partial charge in [-0.2, -0.15) is 0 Å². The van der Waals surface area contributed by atoms with Crippen molar-refractivity contribution < 1.29 is 4.79 Å². The van der Waals surface area contributed by atoms with Crippen LogP contribution in [0.15, 0.2) is 10.5 Å². The maximum absolute atomic E-state index is 12.0. The molecule has 1 aromatic rings. The predicted molar refractivity (Wildman–Crippen MR) is 73.3 cm³/mol. The molecular weight excluding hydrogens is 310 g/mol. The highest BCUT2D eigenvalue weighted by molar-refractivity contribution is 9.10. The molecule has 1 heterocycles. The molecule has 0 N–H and O–H groups in total. The lowest BCUT2D eigenvalue weighted by Gasteiger charge is -2.20. The Balaban J connectivity index is 2.85. The lowest BCUT2D eigenvalue weighted by atomic mass is 10.3. The van der Waals surface area contributed by atoms with Gasteiger partial charge in [0.1, 0.15) is 5.38 Å². The van der Waals surface area contributed by atoms with Crippen molar-refractivity contribution in [2.45, 2.75) is 26.1 Å². The van der Waals surface area contributed by atoms with Crippen LogP contribution < -0.4 is 0 Å². The minimum Gasteiger partial charge on any atom is -0.342 e. The quantitative estimate of drug-likeness (QED) is 0.768. The van der Waals surface area contributed by atoms with Crippen LogP contribution in [0.4, 0.5) is 0 Å². The first kappa shape index (κ1) is 14.0. The topological polar surface area (TPSA) is 20.3 Å². The number of likely N-dealkylation sites (N-methyl/N-ethyl adjacent to an activating group) is 1. The minimum absolute atomic E-state index is 0.0135. The van der Waals surface area contributed by atoms with Crippen LogP contribution >= 0.6 is 38.9 Å². The van der Waals surface area contributed by atoms with E-state index >= 15 is 0 Å². The maximum Gasteiger partial charge on any atom is 0.245 e.